The van der Waals surface area contributed by atoms with Crippen molar-refractivity contribution in [2.75, 3.05) is 37.9 Å². The summed E-state index contributed by atoms with van der Waals surface area (Å²) in [5.41, 5.74) is 0.826. The average Bonchev–Trinajstić information content (AvgIpc) is 3.31. The van der Waals surface area contributed by atoms with Crippen molar-refractivity contribution in [1.29, 1.82) is 0 Å². The van der Waals surface area contributed by atoms with Gasteiger partial charge >= 0.3 is 36.1 Å². The van der Waals surface area contributed by atoms with E-state index in [4.69, 9.17) is 51.6 Å². The third kappa shape index (κ3) is 21.7. The molecule has 1 heterocycles. The molecule has 16 heteroatoms. The highest BCUT2D eigenvalue weighted by molar-refractivity contribution is 6.18. The summed E-state index contributed by atoms with van der Waals surface area (Å²) in [5, 5.41) is 0. The lowest BCUT2D eigenvalue weighted by molar-refractivity contribution is -0.178. The molecule has 0 saturated carbocycles. The summed E-state index contributed by atoms with van der Waals surface area (Å²) in [5.74, 6) is -1.66. The van der Waals surface area contributed by atoms with Gasteiger partial charge in [-0.15, -0.1) is 23.2 Å². The Morgan fingerprint density at radius 1 is 0.515 bits per heavy atom. The molecule has 1 fully saturated rings. The molecule has 4 aromatic rings. The molecule has 14 nitrogen and oxygen atoms in total. The zero-order valence-corrected chi connectivity index (χ0v) is 41.3. The second-order valence-electron chi connectivity index (χ2n) is 17.5. The van der Waals surface area contributed by atoms with Crippen LogP contribution in [-0.4, -0.2) is 95.0 Å². The van der Waals surface area contributed by atoms with E-state index in [-0.39, 0.29) is 64.9 Å². The van der Waals surface area contributed by atoms with Crippen LogP contribution in [0.25, 0.3) is 0 Å². The van der Waals surface area contributed by atoms with E-state index >= 15 is 0 Å². The Balaban J connectivity index is 0.000000299. The van der Waals surface area contributed by atoms with E-state index in [0.717, 1.165) is 22.3 Å². The summed E-state index contributed by atoms with van der Waals surface area (Å²) < 4.78 is 31.7. The fourth-order valence-electron chi connectivity index (χ4n) is 6.13. The standard InChI is InChI=1S/C26H31NO6.C17H16O4.C9H17Cl2NO2/c1-25(2,3)33-24(30)27-16-14-26(15-17-27,22(28)31-18-20-10-6-4-7-11-20)23(29)32-19-21-12-8-5-9-13-21;18-16(20-12-14-7-3-1-4-8-14)11-17(19)21-13-15-9-5-2-6-10-15;1-9(2,3)14-8(13)12(6-4-10)7-5-11/h4-13H,14-19H2,1-3H3;1-10H,11-13H2;4-7H2,1-3H3. The van der Waals surface area contributed by atoms with Crippen LogP contribution in [0, 0.1) is 5.41 Å². The summed E-state index contributed by atoms with van der Waals surface area (Å²) >= 11 is 11.1. The molecule has 1 aliphatic rings. The Labute approximate surface area is 410 Å². The van der Waals surface area contributed by atoms with Crippen LogP contribution in [0.1, 0.15) is 83.1 Å². The first-order valence-corrected chi connectivity index (χ1v) is 23.3. The molecule has 1 aliphatic heterocycles. The number of carbonyl (C=O) groups excluding carboxylic acids is 6. The molecular weight excluding hydrogens is 915 g/mol. The predicted molar refractivity (Wildman–Crippen MR) is 258 cm³/mol. The van der Waals surface area contributed by atoms with Gasteiger partial charge < -0.3 is 38.2 Å². The highest BCUT2D eigenvalue weighted by atomic mass is 35.5. The minimum absolute atomic E-state index is 0.0587. The number of amides is 2. The van der Waals surface area contributed by atoms with Crippen LogP contribution in [0.15, 0.2) is 121 Å². The molecule has 0 aromatic heterocycles. The fourth-order valence-corrected chi connectivity index (χ4v) is 6.54. The molecule has 0 radical (unpaired) electrons. The molecule has 5 rings (SSSR count). The summed E-state index contributed by atoms with van der Waals surface area (Å²) in [7, 11) is 0. The predicted octanol–water partition coefficient (Wildman–Crippen LogP) is 10.1. The van der Waals surface area contributed by atoms with Gasteiger partial charge in [0.1, 0.15) is 44.1 Å². The van der Waals surface area contributed by atoms with Gasteiger partial charge in [0.15, 0.2) is 5.41 Å². The largest absolute Gasteiger partial charge is 0.460 e. The van der Waals surface area contributed by atoms with Crippen LogP contribution in [0.2, 0.25) is 0 Å². The van der Waals surface area contributed by atoms with Crippen LogP contribution < -0.4 is 0 Å². The number of halogens is 2. The van der Waals surface area contributed by atoms with Crippen molar-refractivity contribution in [2.45, 2.75) is 98.4 Å². The first-order chi connectivity index (χ1) is 32.3. The van der Waals surface area contributed by atoms with E-state index in [1.807, 2.05) is 142 Å². The Hall–Kier alpha value is -6.12. The SMILES string of the molecule is CC(C)(C)OC(=O)N(CCCl)CCCl.CC(C)(C)OC(=O)N1CCC(C(=O)OCc2ccccc2)(C(=O)OCc2ccccc2)CC1.O=C(CC(=O)OCc1ccccc1)OCc1ccccc1. The number of esters is 4. The first-order valence-electron chi connectivity index (χ1n) is 22.2. The Kier molecular flexibility index (Phi) is 23.9. The van der Waals surface area contributed by atoms with Crippen LogP contribution in [0.4, 0.5) is 9.59 Å². The average molecular weight is 980 g/mol. The minimum Gasteiger partial charge on any atom is -0.460 e. The van der Waals surface area contributed by atoms with Gasteiger partial charge in [0.25, 0.3) is 0 Å². The number of nitrogens with zero attached hydrogens (tertiary/aromatic N) is 2. The molecule has 1 saturated heterocycles. The normalized spacial score (nSPS) is 12.9. The summed E-state index contributed by atoms with van der Waals surface area (Å²) in [6.07, 6.45) is -0.995. The van der Waals surface area contributed by atoms with Gasteiger partial charge in [0, 0.05) is 37.9 Å². The molecule has 0 bridgehead atoms. The van der Waals surface area contributed by atoms with E-state index in [1.165, 1.54) is 9.80 Å². The van der Waals surface area contributed by atoms with Crippen molar-refractivity contribution in [2.24, 2.45) is 5.41 Å². The quantitative estimate of drug-likeness (QED) is 0.0452. The molecule has 0 spiro atoms. The van der Waals surface area contributed by atoms with E-state index in [1.54, 1.807) is 20.8 Å². The number of piperidine rings is 1. The highest BCUT2D eigenvalue weighted by Gasteiger charge is 2.52. The number of carbonyl (C=O) groups is 6. The molecule has 0 N–H and O–H groups in total. The van der Waals surface area contributed by atoms with Gasteiger partial charge in [-0.05, 0) is 76.6 Å². The topological polar surface area (TPSA) is 164 Å². The number of hydrogen-bond acceptors (Lipinski definition) is 12. The zero-order chi connectivity index (χ0) is 50.0. The molecule has 0 aliphatic carbocycles. The number of alkyl halides is 2. The highest BCUT2D eigenvalue weighted by Crippen LogP contribution is 2.36. The number of likely N-dealkylation sites (tertiary alicyclic amines) is 1. The Bertz CT molecular complexity index is 2020. The van der Waals surface area contributed by atoms with Crippen molar-refractivity contribution in [1.82, 2.24) is 9.80 Å². The molecule has 0 unspecified atom stereocenters. The van der Waals surface area contributed by atoms with Crippen molar-refractivity contribution in [3.8, 4) is 0 Å². The lowest BCUT2D eigenvalue weighted by Crippen LogP contribution is -2.52. The third-order valence-corrected chi connectivity index (χ3v) is 9.95. The van der Waals surface area contributed by atoms with Gasteiger partial charge in [0.2, 0.25) is 0 Å². The molecule has 0 atom stereocenters. The number of benzene rings is 4. The summed E-state index contributed by atoms with van der Waals surface area (Å²) in [6, 6.07) is 37.1. The van der Waals surface area contributed by atoms with Crippen molar-refractivity contribution in [3.05, 3.63) is 144 Å². The van der Waals surface area contributed by atoms with Crippen molar-refractivity contribution in [3.63, 3.8) is 0 Å². The smallest absolute Gasteiger partial charge is 0.410 e. The maximum atomic E-state index is 13.2. The van der Waals surface area contributed by atoms with Crippen LogP contribution in [0.3, 0.4) is 0 Å². The van der Waals surface area contributed by atoms with Crippen LogP contribution in [-0.2, 0) is 74.0 Å². The molecule has 4 aromatic carbocycles. The van der Waals surface area contributed by atoms with Crippen molar-refractivity contribution >= 4 is 59.3 Å². The van der Waals surface area contributed by atoms with E-state index in [2.05, 4.69) is 0 Å². The van der Waals surface area contributed by atoms with Gasteiger partial charge in [-0.1, -0.05) is 121 Å². The maximum Gasteiger partial charge on any atom is 0.410 e. The molecule has 68 heavy (non-hydrogen) atoms. The number of ether oxygens (including phenoxy) is 6. The third-order valence-electron chi connectivity index (χ3n) is 9.61. The second-order valence-corrected chi connectivity index (χ2v) is 18.2. The maximum absolute atomic E-state index is 13.2. The molecular formula is C52H64Cl2N2O12. The van der Waals surface area contributed by atoms with E-state index in [9.17, 15) is 28.8 Å². The van der Waals surface area contributed by atoms with Gasteiger partial charge in [-0.2, -0.15) is 0 Å². The lowest BCUT2D eigenvalue weighted by Gasteiger charge is -2.38. The number of hydrogen-bond donors (Lipinski definition) is 0. The molecule has 368 valence electrons. The monoisotopic (exact) mass is 978 g/mol. The van der Waals surface area contributed by atoms with Gasteiger partial charge in [0.05, 0.1) is 0 Å². The van der Waals surface area contributed by atoms with E-state index < -0.39 is 46.6 Å². The van der Waals surface area contributed by atoms with Gasteiger partial charge in [-0.25, -0.2) is 9.59 Å². The van der Waals surface area contributed by atoms with Crippen LogP contribution >= 0.6 is 23.2 Å². The second kappa shape index (κ2) is 28.9. The fraction of sp³-hybridized carbons (Fsp3) is 0.423. The van der Waals surface area contributed by atoms with Gasteiger partial charge in [-0.3, -0.25) is 19.2 Å². The summed E-state index contributed by atoms with van der Waals surface area (Å²) in [6.45, 7) is 12.6. The number of rotatable bonds is 16. The van der Waals surface area contributed by atoms with E-state index in [0.29, 0.717) is 24.8 Å². The zero-order valence-electron chi connectivity index (χ0n) is 39.8. The Morgan fingerprint density at radius 2 is 0.838 bits per heavy atom. The Morgan fingerprint density at radius 3 is 1.15 bits per heavy atom. The minimum atomic E-state index is -1.47. The summed E-state index contributed by atoms with van der Waals surface area (Å²) in [4.78, 5) is 76.4. The first kappa shape index (κ1) is 56.2. The van der Waals surface area contributed by atoms with Crippen molar-refractivity contribution < 1.29 is 57.2 Å². The lowest BCUT2D eigenvalue weighted by atomic mass is 9.78. The van der Waals surface area contributed by atoms with Crippen LogP contribution in [0.5, 0.6) is 0 Å². The molecule has 2 amide bonds.